The molecule has 3 nitrogen and oxygen atoms in total. The van der Waals surface area contributed by atoms with Crippen LogP contribution in [0.5, 0.6) is 0 Å². The molecule has 1 saturated heterocycles. The smallest absolute Gasteiger partial charge is 0.0850 e. The maximum absolute atomic E-state index is 3.40. The summed E-state index contributed by atoms with van der Waals surface area (Å²) in [4.78, 5) is 2.56. The minimum absolute atomic E-state index is 0.500. The first kappa shape index (κ1) is 13.5. The molecule has 0 unspecified atom stereocenters. The van der Waals surface area contributed by atoms with Gasteiger partial charge in [-0.05, 0) is 54.7 Å². The SMILES string of the molecule is CCc1ccc(N2CCC[C@@H]2c2ccc3c(c2)NCN3)cc1. The van der Waals surface area contributed by atoms with Gasteiger partial charge in [-0.3, -0.25) is 0 Å². The van der Waals surface area contributed by atoms with E-state index in [1.54, 1.807) is 0 Å². The van der Waals surface area contributed by atoms with Crippen LogP contribution in [0.1, 0.15) is 36.9 Å². The van der Waals surface area contributed by atoms with Crippen LogP contribution in [-0.4, -0.2) is 13.2 Å². The average Bonchev–Trinajstić information content (AvgIpc) is 3.23. The van der Waals surface area contributed by atoms with Crippen LogP contribution in [0.4, 0.5) is 17.1 Å². The Bertz CT molecular complexity index is 663. The summed E-state index contributed by atoms with van der Waals surface area (Å²) in [5.41, 5.74) is 6.65. The van der Waals surface area contributed by atoms with Gasteiger partial charge in [0.2, 0.25) is 0 Å². The Balaban J connectivity index is 1.62. The van der Waals surface area contributed by atoms with Crippen LogP contribution < -0.4 is 15.5 Å². The Labute approximate surface area is 132 Å². The Morgan fingerprint density at radius 2 is 1.86 bits per heavy atom. The van der Waals surface area contributed by atoms with Crippen molar-refractivity contribution >= 4 is 17.1 Å². The maximum atomic E-state index is 3.40. The van der Waals surface area contributed by atoms with Crippen LogP contribution in [0.15, 0.2) is 42.5 Å². The molecule has 1 atom stereocenters. The van der Waals surface area contributed by atoms with E-state index in [1.165, 1.54) is 41.0 Å². The molecule has 0 spiro atoms. The highest BCUT2D eigenvalue weighted by Crippen LogP contribution is 2.39. The summed E-state index contributed by atoms with van der Waals surface area (Å²) in [6, 6.07) is 16.4. The molecule has 114 valence electrons. The van der Waals surface area contributed by atoms with E-state index in [4.69, 9.17) is 0 Å². The zero-order valence-electron chi connectivity index (χ0n) is 13.1. The van der Waals surface area contributed by atoms with Crippen LogP contribution in [0.2, 0.25) is 0 Å². The summed E-state index contributed by atoms with van der Waals surface area (Å²) in [6.07, 6.45) is 3.61. The molecule has 2 heterocycles. The highest BCUT2D eigenvalue weighted by atomic mass is 15.2. The molecule has 0 radical (unpaired) electrons. The zero-order valence-corrected chi connectivity index (χ0v) is 13.1. The molecule has 0 aromatic heterocycles. The molecule has 3 heteroatoms. The van der Waals surface area contributed by atoms with Crippen molar-refractivity contribution in [3.63, 3.8) is 0 Å². The van der Waals surface area contributed by atoms with E-state index < -0.39 is 0 Å². The molecular weight excluding hydrogens is 270 g/mol. The average molecular weight is 293 g/mol. The second-order valence-electron chi connectivity index (χ2n) is 6.21. The van der Waals surface area contributed by atoms with Crippen molar-refractivity contribution in [2.24, 2.45) is 0 Å². The Morgan fingerprint density at radius 1 is 1.05 bits per heavy atom. The number of hydrogen-bond donors (Lipinski definition) is 2. The number of rotatable bonds is 3. The lowest BCUT2D eigenvalue weighted by molar-refractivity contribution is 0.720. The molecule has 0 aliphatic carbocycles. The molecule has 2 N–H and O–H groups in total. The number of hydrogen-bond acceptors (Lipinski definition) is 3. The molecule has 0 bridgehead atoms. The number of fused-ring (bicyclic) bond motifs is 1. The summed E-state index contributed by atoms with van der Waals surface area (Å²) in [5.74, 6) is 0. The normalized spacial score (nSPS) is 19.7. The van der Waals surface area contributed by atoms with Crippen LogP contribution in [0.25, 0.3) is 0 Å². The van der Waals surface area contributed by atoms with Crippen LogP contribution >= 0.6 is 0 Å². The van der Waals surface area contributed by atoms with E-state index in [2.05, 4.69) is 64.9 Å². The van der Waals surface area contributed by atoms with Gasteiger partial charge in [-0.1, -0.05) is 25.1 Å². The van der Waals surface area contributed by atoms with Crippen molar-refractivity contribution in [1.82, 2.24) is 0 Å². The van der Waals surface area contributed by atoms with E-state index in [9.17, 15) is 0 Å². The Hall–Kier alpha value is -2.16. The fraction of sp³-hybridized carbons (Fsp3) is 0.368. The molecule has 4 rings (SSSR count). The van der Waals surface area contributed by atoms with E-state index >= 15 is 0 Å². The summed E-state index contributed by atoms with van der Waals surface area (Å²) in [5, 5.41) is 6.75. The minimum atomic E-state index is 0.500. The highest BCUT2D eigenvalue weighted by molar-refractivity contribution is 5.74. The van der Waals surface area contributed by atoms with E-state index in [0.29, 0.717) is 6.04 Å². The molecule has 1 fully saturated rings. The number of benzene rings is 2. The van der Waals surface area contributed by atoms with Gasteiger partial charge in [0.1, 0.15) is 0 Å². The number of nitrogens with zero attached hydrogens (tertiary/aromatic N) is 1. The topological polar surface area (TPSA) is 27.3 Å². The van der Waals surface area contributed by atoms with Gasteiger partial charge < -0.3 is 15.5 Å². The van der Waals surface area contributed by atoms with E-state index in [1.807, 2.05) is 0 Å². The summed E-state index contributed by atoms with van der Waals surface area (Å²) in [6.45, 7) is 4.20. The quantitative estimate of drug-likeness (QED) is 0.879. The fourth-order valence-corrected chi connectivity index (χ4v) is 3.65. The summed E-state index contributed by atoms with van der Waals surface area (Å²) < 4.78 is 0. The summed E-state index contributed by atoms with van der Waals surface area (Å²) in [7, 11) is 0. The Kier molecular flexibility index (Phi) is 3.41. The van der Waals surface area contributed by atoms with E-state index in [0.717, 1.165) is 19.6 Å². The molecule has 2 aliphatic heterocycles. The fourth-order valence-electron chi connectivity index (χ4n) is 3.65. The van der Waals surface area contributed by atoms with Gasteiger partial charge in [-0.2, -0.15) is 0 Å². The lowest BCUT2D eigenvalue weighted by Gasteiger charge is -2.27. The minimum Gasteiger partial charge on any atom is -0.366 e. The summed E-state index contributed by atoms with van der Waals surface area (Å²) >= 11 is 0. The molecular formula is C19H23N3. The second kappa shape index (κ2) is 5.56. The van der Waals surface area contributed by atoms with Crippen molar-refractivity contribution in [3.8, 4) is 0 Å². The largest absolute Gasteiger partial charge is 0.366 e. The van der Waals surface area contributed by atoms with Gasteiger partial charge in [-0.15, -0.1) is 0 Å². The van der Waals surface area contributed by atoms with Gasteiger partial charge >= 0.3 is 0 Å². The first-order valence-corrected chi connectivity index (χ1v) is 8.32. The predicted molar refractivity (Wildman–Crippen MR) is 93.7 cm³/mol. The molecule has 2 aromatic rings. The number of nitrogens with one attached hydrogen (secondary N) is 2. The maximum Gasteiger partial charge on any atom is 0.0850 e. The second-order valence-corrected chi connectivity index (χ2v) is 6.21. The van der Waals surface area contributed by atoms with Crippen molar-refractivity contribution in [1.29, 1.82) is 0 Å². The van der Waals surface area contributed by atoms with Gasteiger partial charge in [0.15, 0.2) is 0 Å². The first-order chi connectivity index (χ1) is 10.8. The third-order valence-electron chi connectivity index (χ3n) is 4.92. The van der Waals surface area contributed by atoms with Crippen molar-refractivity contribution < 1.29 is 0 Å². The van der Waals surface area contributed by atoms with Gasteiger partial charge in [0, 0.05) is 12.2 Å². The lowest BCUT2D eigenvalue weighted by atomic mass is 10.0. The monoisotopic (exact) mass is 293 g/mol. The molecule has 0 amide bonds. The first-order valence-electron chi connectivity index (χ1n) is 8.32. The van der Waals surface area contributed by atoms with Crippen LogP contribution in [0, 0.1) is 0 Å². The predicted octanol–water partition coefficient (Wildman–Crippen LogP) is 4.39. The van der Waals surface area contributed by atoms with Crippen molar-refractivity contribution in [3.05, 3.63) is 53.6 Å². The lowest BCUT2D eigenvalue weighted by Crippen LogP contribution is -2.22. The zero-order chi connectivity index (χ0) is 14.9. The standard InChI is InChI=1S/C19H23N3/c1-2-14-5-8-16(9-6-14)22-11-3-4-19(22)15-7-10-17-18(12-15)21-13-20-17/h5-10,12,19-21H,2-4,11,13H2,1H3/t19-/m1/s1. The molecule has 22 heavy (non-hydrogen) atoms. The third-order valence-corrected chi connectivity index (χ3v) is 4.92. The van der Waals surface area contributed by atoms with Crippen LogP contribution in [-0.2, 0) is 6.42 Å². The van der Waals surface area contributed by atoms with Gasteiger partial charge in [0.25, 0.3) is 0 Å². The Morgan fingerprint density at radius 3 is 2.68 bits per heavy atom. The number of anilines is 3. The van der Waals surface area contributed by atoms with Crippen molar-refractivity contribution in [2.75, 3.05) is 28.7 Å². The third kappa shape index (κ3) is 2.31. The van der Waals surface area contributed by atoms with Gasteiger partial charge in [-0.25, -0.2) is 0 Å². The molecule has 2 aromatic carbocycles. The molecule has 2 aliphatic rings. The van der Waals surface area contributed by atoms with Crippen LogP contribution in [0.3, 0.4) is 0 Å². The highest BCUT2D eigenvalue weighted by Gasteiger charge is 2.27. The van der Waals surface area contributed by atoms with Gasteiger partial charge in [0.05, 0.1) is 24.1 Å². The van der Waals surface area contributed by atoms with Crippen molar-refractivity contribution in [2.45, 2.75) is 32.2 Å². The van der Waals surface area contributed by atoms with E-state index in [-0.39, 0.29) is 0 Å². The number of aryl methyl sites for hydroxylation is 1. The molecule has 0 saturated carbocycles.